The predicted molar refractivity (Wildman–Crippen MR) is 90.7 cm³/mol. The fourth-order valence-corrected chi connectivity index (χ4v) is 2.50. The van der Waals surface area contributed by atoms with Crippen molar-refractivity contribution in [2.24, 2.45) is 0 Å². The second-order valence-electron chi connectivity index (χ2n) is 5.61. The van der Waals surface area contributed by atoms with Crippen molar-refractivity contribution in [2.75, 3.05) is 7.11 Å². The summed E-state index contributed by atoms with van der Waals surface area (Å²) in [4.78, 5) is 14.8. The Morgan fingerprint density at radius 1 is 1.15 bits per heavy atom. The minimum absolute atomic E-state index is 0.0631. The zero-order valence-corrected chi connectivity index (χ0v) is 14.0. The maximum Gasteiger partial charge on any atom is 0.416 e. The van der Waals surface area contributed by atoms with Crippen LogP contribution in [-0.2, 0) is 12.8 Å². The Hall–Kier alpha value is -3.36. The van der Waals surface area contributed by atoms with E-state index in [1.807, 2.05) is 0 Å². The van der Waals surface area contributed by atoms with E-state index < -0.39 is 16.7 Å². The first-order chi connectivity index (χ1) is 12.8. The number of nitro benzene ring substituents is 1. The Kier molecular flexibility index (Phi) is 4.85. The number of nitro groups is 1. The van der Waals surface area contributed by atoms with Crippen molar-refractivity contribution in [1.82, 2.24) is 4.98 Å². The molecule has 0 fully saturated rings. The minimum atomic E-state index is -4.45. The highest BCUT2D eigenvalue weighted by molar-refractivity contribution is 5.89. The molecule has 0 N–H and O–H groups in total. The van der Waals surface area contributed by atoms with E-state index in [-0.39, 0.29) is 23.7 Å². The fraction of sp³-hybridized carbons (Fsp3) is 0.167. The Bertz CT molecular complexity index is 1010. The van der Waals surface area contributed by atoms with Crippen molar-refractivity contribution < 1.29 is 27.6 Å². The van der Waals surface area contributed by atoms with Crippen molar-refractivity contribution in [3.63, 3.8) is 0 Å². The van der Waals surface area contributed by atoms with Crippen molar-refractivity contribution in [1.29, 1.82) is 0 Å². The molecule has 0 saturated heterocycles. The van der Waals surface area contributed by atoms with Gasteiger partial charge < -0.3 is 9.47 Å². The summed E-state index contributed by atoms with van der Waals surface area (Å²) in [5, 5.41) is 11.7. The van der Waals surface area contributed by atoms with Crippen LogP contribution in [0.25, 0.3) is 10.9 Å². The largest absolute Gasteiger partial charge is 0.496 e. The molecule has 0 aliphatic rings. The highest BCUT2D eigenvalue weighted by Crippen LogP contribution is 2.32. The number of methoxy groups -OCH3 is 1. The van der Waals surface area contributed by atoms with E-state index in [0.29, 0.717) is 16.7 Å². The topological polar surface area (TPSA) is 74.5 Å². The van der Waals surface area contributed by atoms with Crippen molar-refractivity contribution in [3.05, 3.63) is 69.8 Å². The van der Waals surface area contributed by atoms with Crippen LogP contribution in [0.15, 0.2) is 48.5 Å². The SMILES string of the molecule is COc1cc([N+](=O)[O-])c2nc(OCc3cccc(C(F)(F)F)c3)ccc2c1. The van der Waals surface area contributed by atoms with Gasteiger partial charge in [-0.1, -0.05) is 12.1 Å². The number of fused-ring (bicyclic) bond motifs is 1. The van der Waals surface area contributed by atoms with Crippen LogP contribution in [0.2, 0.25) is 0 Å². The van der Waals surface area contributed by atoms with Gasteiger partial charge in [-0.15, -0.1) is 0 Å². The molecule has 0 spiro atoms. The number of aromatic nitrogens is 1. The molecule has 3 rings (SSSR count). The minimum Gasteiger partial charge on any atom is -0.496 e. The van der Waals surface area contributed by atoms with E-state index in [1.165, 1.54) is 31.4 Å². The van der Waals surface area contributed by atoms with Gasteiger partial charge in [-0.3, -0.25) is 10.1 Å². The standard InChI is InChI=1S/C18H13F3N2O4/c1-26-14-8-12-5-6-16(22-17(12)15(9-14)23(24)25)27-10-11-3-2-4-13(7-11)18(19,20)21/h2-9H,10H2,1H3. The van der Waals surface area contributed by atoms with Crippen LogP contribution < -0.4 is 9.47 Å². The molecular weight excluding hydrogens is 365 g/mol. The molecule has 3 aromatic rings. The van der Waals surface area contributed by atoms with Crippen LogP contribution in [0, 0.1) is 10.1 Å². The molecule has 0 bridgehead atoms. The number of non-ortho nitro benzene ring substituents is 1. The molecule has 6 nitrogen and oxygen atoms in total. The van der Waals surface area contributed by atoms with Gasteiger partial charge in [0.2, 0.25) is 5.88 Å². The lowest BCUT2D eigenvalue weighted by molar-refractivity contribution is -0.383. The summed E-state index contributed by atoms with van der Waals surface area (Å²) >= 11 is 0. The average molecular weight is 378 g/mol. The second kappa shape index (κ2) is 7.10. The first kappa shape index (κ1) is 18.4. The van der Waals surface area contributed by atoms with Crippen molar-refractivity contribution in [2.45, 2.75) is 12.8 Å². The summed E-state index contributed by atoms with van der Waals surface area (Å²) in [6, 6.07) is 10.6. The molecule has 0 radical (unpaired) electrons. The van der Waals surface area contributed by atoms with Crippen molar-refractivity contribution >= 4 is 16.6 Å². The molecule has 1 heterocycles. The van der Waals surface area contributed by atoms with E-state index in [1.54, 1.807) is 12.1 Å². The first-order valence-corrected chi connectivity index (χ1v) is 7.70. The smallest absolute Gasteiger partial charge is 0.416 e. The first-order valence-electron chi connectivity index (χ1n) is 7.70. The number of ether oxygens (including phenoxy) is 2. The Morgan fingerprint density at radius 3 is 2.59 bits per heavy atom. The fourth-order valence-electron chi connectivity index (χ4n) is 2.50. The van der Waals surface area contributed by atoms with Crippen LogP contribution in [0.5, 0.6) is 11.6 Å². The number of nitrogens with zero attached hydrogens (tertiary/aromatic N) is 2. The van der Waals surface area contributed by atoms with E-state index in [2.05, 4.69) is 4.98 Å². The highest BCUT2D eigenvalue weighted by Gasteiger charge is 2.30. The molecule has 1 aromatic heterocycles. The lowest BCUT2D eigenvalue weighted by atomic mass is 10.1. The maximum absolute atomic E-state index is 12.8. The third kappa shape index (κ3) is 4.08. The molecule has 0 saturated carbocycles. The molecule has 0 aliphatic heterocycles. The third-order valence-electron chi connectivity index (χ3n) is 3.79. The molecule has 0 amide bonds. The molecule has 140 valence electrons. The quantitative estimate of drug-likeness (QED) is 0.473. The Balaban J connectivity index is 1.88. The molecule has 27 heavy (non-hydrogen) atoms. The van der Waals surface area contributed by atoms with Crippen molar-refractivity contribution in [3.8, 4) is 11.6 Å². The van der Waals surface area contributed by atoms with E-state index in [0.717, 1.165) is 12.1 Å². The summed E-state index contributed by atoms with van der Waals surface area (Å²) in [5.74, 6) is 0.377. The zero-order valence-electron chi connectivity index (χ0n) is 14.0. The third-order valence-corrected chi connectivity index (χ3v) is 3.79. The van der Waals surface area contributed by atoms with Gasteiger partial charge in [-0.2, -0.15) is 13.2 Å². The summed E-state index contributed by atoms with van der Waals surface area (Å²) < 4.78 is 48.7. The summed E-state index contributed by atoms with van der Waals surface area (Å²) in [5.41, 5.74) is -0.634. The van der Waals surface area contributed by atoms with Gasteiger partial charge in [0.25, 0.3) is 5.69 Å². The van der Waals surface area contributed by atoms with Gasteiger partial charge in [-0.05, 0) is 29.8 Å². The molecule has 9 heteroatoms. The molecular formula is C18H13F3N2O4. The monoisotopic (exact) mass is 378 g/mol. The molecule has 0 atom stereocenters. The number of benzene rings is 2. The Labute approximate surface area is 151 Å². The zero-order chi connectivity index (χ0) is 19.6. The number of alkyl halides is 3. The van der Waals surface area contributed by atoms with Crippen LogP contribution in [0.3, 0.4) is 0 Å². The molecule has 2 aromatic carbocycles. The van der Waals surface area contributed by atoms with Gasteiger partial charge in [0.15, 0.2) is 5.52 Å². The van der Waals surface area contributed by atoms with E-state index in [9.17, 15) is 23.3 Å². The summed E-state index contributed by atoms with van der Waals surface area (Å²) in [6.45, 7) is -0.160. The van der Waals surface area contributed by atoms with Gasteiger partial charge in [0, 0.05) is 11.5 Å². The van der Waals surface area contributed by atoms with Crippen LogP contribution in [0.4, 0.5) is 18.9 Å². The number of rotatable bonds is 5. The average Bonchev–Trinajstić information content (AvgIpc) is 2.64. The second-order valence-corrected chi connectivity index (χ2v) is 5.61. The van der Waals surface area contributed by atoms with Crippen LogP contribution in [0.1, 0.15) is 11.1 Å². The van der Waals surface area contributed by atoms with Gasteiger partial charge in [0.05, 0.1) is 23.7 Å². The number of halogens is 3. The lowest BCUT2D eigenvalue weighted by Gasteiger charge is -2.10. The molecule has 0 aliphatic carbocycles. The van der Waals surface area contributed by atoms with Gasteiger partial charge in [-0.25, -0.2) is 4.98 Å². The van der Waals surface area contributed by atoms with E-state index >= 15 is 0 Å². The van der Waals surface area contributed by atoms with Crippen LogP contribution in [-0.4, -0.2) is 17.0 Å². The maximum atomic E-state index is 12.8. The predicted octanol–water partition coefficient (Wildman–Crippen LogP) is 4.75. The van der Waals surface area contributed by atoms with Gasteiger partial charge in [0.1, 0.15) is 12.4 Å². The Morgan fingerprint density at radius 2 is 1.93 bits per heavy atom. The molecule has 0 unspecified atom stereocenters. The number of pyridine rings is 1. The normalized spacial score (nSPS) is 11.4. The number of hydrogen-bond acceptors (Lipinski definition) is 5. The highest BCUT2D eigenvalue weighted by atomic mass is 19.4. The van der Waals surface area contributed by atoms with Gasteiger partial charge >= 0.3 is 6.18 Å². The summed E-state index contributed by atoms with van der Waals surface area (Å²) in [7, 11) is 1.39. The lowest BCUT2D eigenvalue weighted by Crippen LogP contribution is -2.06. The number of hydrogen-bond donors (Lipinski definition) is 0. The van der Waals surface area contributed by atoms with Crippen LogP contribution >= 0.6 is 0 Å². The van der Waals surface area contributed by atoms with E-state index in [4.69, 9.17) is 9.47 Å². The summed E-state index contributed by atoms with van der Waals surface area (Å²) in [6.07, 6.45) is -4.45.